The summed E-state index contributed by atoms with van der Waals surface area (Å²) in [7, 11) is 0. The molecular formula is C31H31N5O5. The lowest BCUT2D eigenvalue weighted by atomic mass is 9.90. The van der Waals surface area contributed by atoms with Gasteiger partial charge in [0.25, 0.3) is 5.91 Å². The first-order chi connectivity index (χ1) is 19.6. The number of nitrogens with zero attached hydrogens (tertiary/aromatic N) is 4. The minimum Gasteiger partial charge on any atom is -0.393 e. The summed E-state index contributed by atoms with van der Waals surface area (Å²) in [5.41, 5.74) is 5.91. The molecule has 10 heteroatoms. The maximum atomic E-state index is 13.3. The van der Waals surface area contributed by atoms with Gasteiger partial charge in [-0.15, -0.1) is 0 Å². The summed E-state index contributed by atoms with van der Waals surface area (Å²) in [5.74, 6) is -0.497. The van der Waals surface area contributed by atoms with Crippen LogP contribution in [0.25, 0.3) is 11.3 Å². The first-order valence-corrected chi connectivity index (χ1v) is 13.6. The van der Waals surface area contributed by atoms with Gasteiger partial charge in [0.15, 0.2) is 0 Å². The average Bonchev–Trinajstić information content (AvgIpc) is 3.26. The number of imidazole rings is 1. The number of benzene rings is 2. The molecule has 2 saturated heterocycles. The van der Waals surface area contributed by atoms with Gasteiger partial charge in [0, 0.05) is 62.3 Å². The molecule has 2 amide bonds. The van der Waals surface area contributed by atoms with E-state index in [1.807, 2.05) is 61.2 Å². The molecule has 3 aromatic rings. The van der Waals surface area contributed by atoms with Crippen LogP contribution in [0.2, 0.25) is 0 Å². The van der Waals surface area contributed by atoms with Crippen LogP contribution >= 0.6 is 0 Å². The van der Waals surface area contributed by atoms with E-state index in [4.69, 9.17) is 10.2 Å². The van der Waals surface area contributed by atoms with Crippen molar-refractivity contribution in [3.63, 3.8) is 0 Å². The second-order valence-electron chi connectivity index (χ2n) is 10.7. The van der Waals surface area contributed by atoms with Crippen LogP contribution in [-0.4, -0.2) is 69.7 Å². The molecule has 0 bridgehead atoms. The molecule has 2 fully saturated rings. The lowest BCUT2D eigenvalue weighted by Gasteiger charge is -2.39. The van der Waals surface area contributed by atoms with E-state index in [2.05, 4.69) is 15.8 Å². The van der Waals surface area contributed by atoms with Crippen LogP contribution in [0.15, 0.2) is 42.5 Å². The first-order valence-electron chi connectivity index (χ1n) is 13.6. The molecule has 2 aliphatic rings. The van der Waals surface area contributed by atoms with Crippen molar-refractivity contribution in [2.45, 2.75) is 45.4 Å². The van der Waals surface area contributed by atoms with Crippen molar-refractivity contribution in [1.82, 2.24) is 19.8 Å². The van der Waals surface area contributed by atoms with E-state index >= 15 is 0 Å². The Morgan fingerprint density at radius 3 is 2.32 bits per heavy atom. The second-order valence-corrected chi connectivity index (χ2v) is 10.7. The highest BCUT2D eigenvalue weighted by atomic mass is 16.6. The van der Waals surface area contributed by atoms with Gasteiger partial charge < -0.3 is 19.5 Å². The van der Waals surface area contributed by atoms with Crippen molar-refractivity contribution < 1.29 is 23.9 Å². The standard InChI is InChI=1S/C31H31N5O5/c1-18-4-7-23(31(40)36-14-24(15-36)22-8-5-21(13-32)6-9-22)12-26(18)29-19(2)33-30(34-29)25-16-35(17-25)27(38)10-11-28(39)41-20(3)37/h4-9,12,24-25H,10-11,14-17H2,1-3H3,(H,33,34). The predicted octanol–water partition coefficient (Wildman–Crippen LogP) is 3.60. The number of rotatable bonds is 7. The molecule has 2 aromatic carbocycles. The number of H-pyrrole nitrogens is 1. The number of hydrogen-bond acceptors (Lipinski definition) is 7. The van der Waals surface area contributed by atoms with Crippen molar-refractivity contribution in [1.29, 1.82) is 5.26 Å². The molecular weight excluding hydrogens is 522 g/mol. The third kappa shape index (κ3) is 5.89. The number of amides is 2. The first kappa shape index (κ1) is 27.8. The van der Waals surface area contributed by atoms with Crippen LogP contribution in [0, 0.1) is 25.2 Å². The van der Waals surface area contributed by atoms with Gasteiger partial charge in [0.05, 0.1) is 29.7 Å². The highest BCUT2D eigenvalue weighted by Crippen LogP contribution is 2.33. The smallest absolute Gasteiger partial charge is 0.313 e. The molecule has 1 aromatic heterocycles. The van der Waals surface area contributed by atoms with Gasteiger partial charge >= 0.3 is 11.9 Å². The molecule has 5 rings (SSSR count). The molecule has 0 unspecified atom stereocenters. The number of esters is 2. The zero-order chi connectivity index (χ0) is 29.3. The Bertz CT molecular complexity index is 1560. The van der Waals surface area contributed by atoms with E-state index in [-0.39, 0.29) is 36.5 Å². The monoisotopic (exact) mass is 553 g/mol. The fourth-order valence-corrected chi connectivity index (χ4v) is 5.25. The molecule has 10 nitrogen and oxygen atoms in total. The number of carbonyl (C=O) groups is 4. The van der Waals surface area contributed by atoms with Crippen LogP contribution in [-0.2, 0) is 19.1 Å². The van der Waals surface area contributed by atoms with E-state index in [0.29, 0.717) is 37.3 Å². The van der Waals surface area contributed by atoms with Gasteiger partial charge in [-0.1, -0.05) is 18.2 Å². The zero-order valence-electron chi connectivity index (χ0n) is 23.3. The number of aromatic nitrogens is 2. The number of ether oxygens (including phenoxy) is 1. The van der Waals surface area contributed by atoms with E-state index < -0.39 is 11.9 Å². The Balaban J connectivity index is 1.20. The number of nitrogens with one attached hydrogen (secondary N) is 1. The molecule has 0 radical (unpaired) electrons. The largest absolute Gasteiger partial charge is 0.393 e. The van der Waals surface area contributed by atoms with Crippen molar-refractivity contribution in [2.75, 3.05) is 26.2 Å². The van der Waals surface area contributed by atoms with Crippen LogP contribution in [0.5, 0.6) is 0 Å². The van der Waals surface area contributed by atoms with E-state index in [9.17, 15) is 19.2 Å². The maximum Gasteiger partial charge on any atom is 0.313 e. The number of aromatic amines is 1. The van der Waals surface area contributed by atoms with Crippen LogP contribution in [0.4, 0.5) is 0 Å². The summed E-state index contributed by atoms with van der Waals surface area (Å²) in [6.45, 7) is 7.32. The Labute approximate surface area is 237 Å². The molecule has 0 spiro atoms. The minimum atomic E-state index is -0.703. The number of nitriles is 1. The SMILES string of the molecule is CC(=O)OC(=O)CCC(=O)N1CC(c2nc(-c3cc(C(=O)N4CC(c5ccc(C#N)cc5)C4)ccc3C)c(C)[nH]2)C1. The minimum absolute atomic E-state index is 0.00742. The molecule has 2 aliphatic heterocycles. The number of aryl methyl sites for hydroxylation is 2. The van der Waals surface area contributed by atoms with Gasteiger partial charge in [-0.05, 0) is 49.2 Å². The molecule has 3 heterocycles. The number of carbonyl (C=O) groups excluding carboxylic acids is 4. The lowest BCUT2D eigenvalue weighted by molar-refractivity contribution is -0.159. The summed E-state index contributed by atoms with van der Waals surface area (Å²) in [5, 5.41) is 9.00. The van der Waals surface area contributed by atoms with Crippen molar-refractivity contribution in [3.05, 3.63) is 76.2 Å². The molecule has 41 heavy (non-hydrogen) atoms. The Kier molecular flexibility index (Phi) is 7.70. The molecule has 210 valence electrons. The molecule has 0 atom stereocenters. The fraction of sp³-hybridized carbons (Fsp3) is 0.355. The molecule has 0 aliphatic carbocycles. The summed E-state index contributed by atoms with van der Waals surface area (Å²) < 4.78 is 4.47. The predicted molar refractivity (Wildman–Crippen MR) is 149 cm³/mol. The van der Waals surface area contributed by atoms with Crippen LogP contribution in [0.1, 0.15) is 70.2 Å². The fourth-order valence-electron chi connectivity index (χ4n) is 5.25. The normalized spacial score (nSPS) is 15.1. The number of hydrogen-bond donors (Lipinski definition) is 1. The molecule has 1 N–H and O–H groups in total. The maximum absolute atomic E-state index is 13.3. The van der Waals surface area contributed by atoms with Crippen molar-refractivity contribution >= 4 is 23.8 Å². The Hall–Kier alpha value is -4.78. The number of likely N-dealkylation sites (tertiary alicyclic amines) is 2. The quantitative estimate of drug-likeness (QED) is 0.349. The van der Waals surface area contributed by atoms with E-state index in [1.165, 1.54) is 0 Å². The third-order valence-electron chi connectivity index (χ3n) is 7.74. The van der Waals surface area contributed by atoms with Crippen molar-refractivity contribution in [2.24, 2.45) is 0 Å². The third-order valence-corrected chi connectivity index (χ3v) is 7.74. The zero-order valence-corrected chi connectivity index (χ0v) is 23.3. The summed E-state index contributed by atoms with van der Waals surface area (Å²) in [6.07, 6.45) is -0.141. The second kappa shape index (κ2) is 11.4. The van der Waals surface area contributed by atoms with Crippen LogP contribution in [0.3, 0.4) is 0 Å². The topological polar surface area (TPSA) is 136 Å². The van der Waals surface area contributed by atoms with Gasteiger partial charge in [0.2, 0.25) is 5.91 Å². The average molecular weight is 554 g/mol. The van der Waals surface area contributed by atoms with Crippen molar-refractivity contribution in [3.8, 4) is 17.3 Å². The van der Waals surface area contributed by atoms with Gasteiger partial charge in [-0.3, -0.25) is 19.2 Å². The summed E-state index contributed by atoms with van der Waals surface area (Å²) in [6, 6.07) is 15.3. The van der Waals surface area contributed by atoms with E-state index in [0.717, 1.165) is 40.8 Å². The van der Waals surface area contributed by atoms with Gasteiger partial charge in [-0.2, -0.15) is 5.26 Å². The Morgan fingerprint density at radius 2 is 1.66 bits per heavy atom. The van der Waals surface area contributed by atoms with Crippen LogP contribution < -0.4 is 0 Å². The van der Waals surface area contributed by atoms with Gasteiger partial charge in [-0.25, -0.2) is 4.98 Å². The summed E-state index contributed by atoms with van der Waals surface area (Å²) >= 11 is 0. The summed E-state index contributed by atoms with van der Waals surface area (Å²) in [4.78, 5) is 59.8. The lowest BCUT2D eigenvalue weighted by Crippen LogP contribution is -2.48. The van der Waals surface area contributed by atoms with E-state index in [1.54, 1.807) is 4.90 Å². The van der Waals surface area contributed by atoms with Gasteiger partial charge in [0.1, 0.15) is 5.82 Å². The Morgan fingerprint density at radius 1 is 0.976 bits per heavy atom. The highest BCUT2D eigenvalue weighted by molar-refractivity contribution is 5.96. The highest BCUT2D eigenvalue weighted by Gasteiger charge is 2.35. The molecule has 0 saturated carbocycles.